The predicted octanol–water partition coefficient (Wildman–Crippen LogP) is 0.466. The minimum atomic E-state index is -1.88. The van der Waals surface area contributed by atoms with E-state index in [9.17, 15) is 39.6 Å². The first-order valence-corrected chi connectivity index (χ1v) is 17.8. The first-order chi connectivity index (χ1) is 26.7. The zero-order valence-electron chi connectivity index (χ0n) is 31.6. The zero-order valence-corrected chi connectivity index (χ0v) is 31.6. The van der Waals surface area contributed by atoms with Crippen molar-refractivity contribution in [3.05, 3.63) is 42.4 Å². The van der Waals surface area contributed by atoms with E-state index >= 15 is 0 Å². The maximum absolute atomic E-state index is 13.6. The Morgan fingerprint density at radius 2 is 1.75 bits per heavy atom. The number of fused-ring (bicyclic) bond motifs is 1. The molecule has 2 aliphatic rings. The molecule has 302 valence electrons. The highest BCUT2D eigenvalue weighted by atomic mass is 16.7. The molecule has 5 rings (SSSR count). The Labute approximate surface area is 321 Å². The third-order valence-corrected chi connectivity index (χ3v) is 10.1. The number of nitrogens with zero attached hydrogens (tertiary/aromatic N) is 8. The molecule has 7 atom stereocenters. The molecule has 0 radical (unpaired) electrons. The second kappa shape index (κ2) is 17.8. The van der Waals surface area contributed by atoms with Crippen LogP contribution < -0.4 is 14.4 Å². The lowest BCUT2D eigenvalue weighted by molar-refractivity contribution is -0.271. The number of nitriles is 1. The molecule has 3 aromatic rings. The maximum atomic E-state index is 13.6. The number of rotatable bonds is 12. The van der Waals surface area contributed by atoms with E-state index in [0.29, 0.717) is 35.5 Å². The monoisotopic (exact) mass is 782 g/mol. The number of aliphatic hydroxyl groups excluding tert-OH is 3. The topological polar surface area (TPSA) is 254 Å². The number of hydrogen-bond donors (Lipinski definition) is 4. The van der Waals surface area contributed by atoms with Crippen LogP contribution >= 0.6 is 0 Å². The number of carboxylic acids is 1. The Morgan fingerprint density at radius 3 is 2.45 bits per heavy atom. The van der Waals surface area contributed by atoms with E-state index in [-0.39, 0.29) is 55.5 Å². The largest absolute Gasteiger partial charge is 0.493 e. The number of aliphatic carboxylic acids is 1. The van der Waals surface area contributed by atoms with Gasteiger partial charge in [0, 0.05) is 53.5 Å². The summed E-state index contributed by atoms with van der Waals surface area (Å²) in [5, 5.41) is 49.2. The van der Waals surface area contributed by atoms with Gasteiger partial charge in [0.1, 0.15) is 43.5 Å². The third-order valence-electron chi connectivity index (χ3n) is 10.1. The average Bonchev–Trinajstić information content (AvgIpc) is 3.63. The predicted molar refractivity (Wildman–Crippen MR) is 194 cm³/mol. The summed E-state index contributed by atoms with van der Waals surface area (Å²) in [6, 6.07) is 7.65. The van der Waals surface area contributed by atoms with Crippen LogP contribution in [0.4, 0.5) is 15.4 Å². The number of carboxylic acid groups (broad SMARTS) is 1. The van der Waals surface area contributed by atoms with Crippen molar-refractivity contribution >= 4 is 40.9 Å². The second-order valence-electron chi connectivity index (χ2n) is 13.8. The van der Waals surface area contributed by atoms with Crippen LogP contribution in [0.25, 0.3) is 11.0 Å². The number of carbonyl (C=O) groups is 4. The van der Waals surface area contributed by atoms with E-state index in [0.717, 1.165) is 6.42 Å². The smallest absolute Gasteiger partial charge is 0.409 e. The van der Waals surface area contributed by atoms with Gasteiger partial charge in [0.15, 0.2) is 23.3 Å². The number of ether oxygens (including phenoxy) is 4. The molecule has 2 aliphatic heterocycles. The van der Waals surface area contributed by atoms with Crippen LogP contribution in [-0.4, -0.2) is 165 Å². The number of amides is 3. The van der Waals surface area contributed by atoms with E-state index in [4.69, 9.17) is 24.2 Å². The minimum Gasteiger partial charge on any atom is -0.493 e. The highest BCUT2D eigenvalue weighted by Crippen LogP contribution is 2.33. The van der Waals surface area contributed by atoms with Crippen LogP contribution in [0.15, 0.2) is 36.8 Å². The quantitative estimate of drug-likeness (QED) is 0.195. The summed E-state index contributed by atoms with van der Waals surface area (Å²) in [4.78, 5) is 65.6. The van der Waals surface area contributed by atoms with Crippen molar-refractivity contribution in [2.24, 2.45) is 5.92 Å². The standard InChI is InChI=1S/C36H46N8O12/c1-20-9-12-43(26(45)8-11-37)17-23(20)42(4)31-22-10-13-44(32(22)39-19-38-31)35(51)40(2)14-15-41(3)36(52)54-18-21-6-7-24(25(16-21)53-5)55-34-29(48)27(46)28(47)30(56-34)33(49)50/h6-7,10,13,16,19-20,23,27-30,34,46-48H,8-9,12,14-15,17-18H2,1-5H3,(H,49,50)/t20-,23+,27+,28+,29-,30+,34-/m1/s1. The summed E-state index contributed by atoms with van der Waals surface area (Å²) in [5.41, 5.74) is 0.879. The summed E-state index contributed by atoms with van der Waals surface area (Å²) < 4.78 is 22.9. The van der Waals surface area contributed by atoms with Gasteiger partial charge in [-0.2, -0.15) is 5.26 Å². The van der Waals surface area contributed by atoms with Gasteiger partial charge in [-0.1, -0.05) is 13.0 Å². The third kappa shape index (κ3) is 8.86. The Morgan fingerprint density at radius 1 is 1.02 bits per heavy atom. The highest BCUT2D eigenvalue weighted by Gasteiger charge is 2.48. The van der Waals surface area contributed by atoms with Gasteiger partial charge in [0.05, 0.1) is 24.6 Å². The number of likely N-dealkylation sites (N-methyl/N-ethyl adjacent to an activating group) is 3. The van der Waals surface area contributed by atoms with E-state index in [1.165, 1.54) is 53.1 Å². The summed E-state index contributed by atoms with van der Waals surface area (Å²) in [6.45, 7) is 3.23. The highest BCUT2D eigenvalue weighted by molar-refractivity contribution is 5.95. The molecule has 0 spiro atoms. The molecule has 0 bridgehead atoms. The lowest BCUT2D eigenvalue weighted by atomic mass is 9.92. The number of methoxy groups -OCH3 is 1. The molecule has 0 unspecified atom stereocenters. The van der Waals surface area contributed by atoms with Crippen LogP contribution in [-0.2, 0) is 25.7 Å². The van der Waals surface area contributed by atoms with E-state index in [2.05, 4.69) is 16.9 Å². The fraction of sp³-hybridized carbons (Fsp3) is 0.528. The molecule has 4 heterocycles. The first kappa shape index (κ1) is 41.4. The van der Waals surface area contributed by atoms with Gasteiger partial charge in [0.2, 0.25) is 12.2 Å². The molecule has 20 nitrogen and oxygen atoms in total. The first-order valence-electron chi connectivity index (χ1n) is 17.8. The molecular formula is C36H46N8O12. The van der Waals surface area contributed by atoms with Crippen LogP contribution in [0.2, 0.25) is 0 Å². The van der Waals surface area contributed by atoms with Gasteiger partial charge in [-0.05, 0) is 36.1 Å². The molecule has 2 fully saturated rings. The molecule has 20 heteroatoms. The van der Waals surface area contributed by atoms with Crippen LogP contribution in [0, 0.1) is 17.2 Å². The number of hydrogen-bond acceptors (Lipinski definition) is 15. The lowest BCUT2D eigenvalue weighted by Crippen LogP contribution is -2.61. The van der Waals surface area contributed by atoms with Crippen molar-refractivity contribution in [2.75, 3.05) is 59.3 Å². The van der Waals surface area contributed by atoms with Gasteiger partial charge >= 0.3 is 18.1 Å². The number of anilines is 1. The van der Waals surface area contributed by atoms with Crippen LogP contribution in [0.3, 0.4) is 0 Å². The fourth-order valence-electron chi connectivity index (χ4n) is 6.59. The minimum absolute atomic E-state index is 0.0190. The number of aromatic nitrogens is 3. The van der Waals surface area contributed by atoms with Crippen LogP contribution in [0.1, 0.15) is 25.3 Å². The van der Waals surface area contributed by atoms with Crippen molar-refractivity contribution in [1.82, 2.24) is 29.2 Å². The molecule has 56 heavy (non-hydrogen) atoms. The molecule has 0 saturated carbocycles. The Kier molecular flexibility index (Phi) is 13.2. The number of piperidine rings is 1. The normalized spacial score (nSPS) is 23.5. The lowest BCUT2D eigenvalue weighted by Gasteiger charge is -2.42. The van der Waals surface area contributed by atoms with E-state index < -0.39 is 48.8 Å². The van der Waals surface area contributed by atoms with Gasteiger partial charge in [0.25, 0.3) is 0 Å². The summed E-state index contributed by atoms with van der Waals surface area (Å²) in [5.74, 6) is -0.784. The summed E-state index contributed by atoms with van der Waals surface area (Å²) >= 11 is 0. The van der Waals surface area contributed by atoms with Gasteiger partial charge < -0.3 is 59.0 Å². The molecule has 2 saturated heterocycles. The molecule has 1 aromatic carbocycles. The Hall–Kier alpha value is -5.75. The van der Waals surface area contributed by atoms with Gasteiger partial charge in [-0.25, -0.2) is 24.4 Å². The number of carbonyl (C=O) groups excluding carboxylic acids is 3. The maximum Gasteiger partial charge on any atom is 0.409 e. The Balaban J connectivity index is 1.15. The zero-order chi connectivity index (χ0) is 40.8. The second-order valence-corrected chi connectivity index (χ2v) is 13.8. The fourth-order valence-corrected chi connectivity index (χ4v) is 6.59. The van der Waals surface area contributed by atoms with Crippen molar-refractivity contribution in [3.63, 3.8) is 0 Å². The van der Waals surface area contributed by atoms with Crippen LogP contribution in [0.5, 0.6) is 11.5 Å². The summed E-state index contributed by atoms with van der Waals surface area (Å²) in [7, 11) is 6.33. The number of benzene rings is 1. The van der Waals surface area contributed by atoms with Crippen molar-refractivity contribution in [2.45, 2.75) is 63.1 Å². The van der Waals surface area contributed by atoms with Gasteiger partial charge in [-0.15, -0.1) is 0 Å². The number of likely N-dealkylation sites (tertiary alicyclic amines) is 1. The van der Waals surface area contributed by atoms with E-state index in [1.807, 2.05) is 18.0 Å². The van der Waals surface area contributed by atoms with E-state index in [1.54, 1.807) is 24.2 Å². The van der Waals surface area contributed by atoms with Crippen molar-refractivity contribution in [3.8, 4) is 17.6 Å². The number of aliphatic hydroxyl groups is 3. The van der Waals surface area contributed by atoms with Crippen molar-refractivity contribution in [1.29, 1.82) is 5.26 Å². The van der Waals surface area contributed by atoms with Crippen molar-refractivity contribution < 1.29 is 58.6 Å². The molecule has 3 amide bonds. The van der Waals surface area contributed by atoms with Gasteiger partial charge in [-0.3, -0.25) is 9.36 Å². The molecule has 0 aliphatic carbocycles. The molecular weight excluding hydrogens is 736 g/mol. The molecule has 4 N–H and O–H groups in total. The Bertz CT molecular complexity index is 1950. The molecule has 2 aromatic heterocycles. The summed E-state index contributed by atoms with van der Waals surface area (Å²) in [6.07, 6.45) is -6.07. The average molecular weight is 783 g/mol. The SMILES string of the molecule is COc1cc(COC(=O)N(C)CCN(C)C(=O)n2ccc3c(N(C)[C@H]4CN(C(=O)CC#N)CC[C@H]4C)ncnc32)ccc1O[C@@H]1O[C@H](C(=O)O)[C@@H](O)[C@H](O)[C@H]1O.